The van der Waals surface area contributed by atoms with Crippen molar-refractivity contribution >= 4 is 54.2 Å². The lowest BCUT2D eigenvalue weighted by molar-refractivity contribution is -0.129. The van der Waals surface area contributed by atoms with E-state index in [-0.39, 0.29) is 5.91 Å². The molecule has 0 aliphatic carbocycles. The van der Waals surface area contributed by atoms with Gasteiger partial charge in [-0.1, -0.05) is 12.1 Å². The number of aromatic nitrogens is 4. The first kappa shape index (κ1) is 29.8. The summed E-state index contributed by atoms with van der Waals surface area (Å²) in [5, 5.41) is 16.9. The highest BCUT2D eigenvalue weighted by molar-refractivity contribution is 7.88. The van der Waals surface area contributed by atoms with Crippen molar-refractivity contribution in [2.45, 2.75) is 25.8 Å². The molecule has 4 aromatic rings. The predicted molar refractivity (Wildman–Crippen MR) is 167 cm³/mol. The van der Waals surface area contributed by atoms with Gasteiger partial charge in [-0.15, -0.1) is 11.3 Å². The molecule has 0 spiro atoms. The standard InChI is InChI=1S/C28H37N9O4S2/c1-43(40,41)37-15-11-35(12-16-37)19-20-17-24-26(42-20)28(31-27(30-24)21-5-4-6-23-22(21)18-29-32-23)36-13-9-34(10-14-36)8-3-2-7-25(38)33-39/h4-6,17-18,39H,2-3,7-16,19H2,1H3,(H,29,32)(H,33,38). The van der Waals surface area contributed by atoms with E-state index in [2.05, 4.69) is 31.0 Å². The van der Waals surface area contributed by atoms with E-state index < -0.39 is 10.0 Å². The van der Waals surface area contributed by atoms with Crippen LogP contribution in [-0.4, -0.2) is 119 Å². The molecule has 1 aromatic carbocycles. The van der Waals surface area contributed by atoms with Crippen LogP contribution in [0.3, 0.4) is 0 Å². The molecule has 5 heterocycles. The average Bonchev–Trinajstić information content (AvgIpc) is 3.65. The summed E-state index contributed by atoms with van der Waals surface area (Å²) < 4.78 is 26.5. The van der Waals surface area contributed by atoms with E-state index >= 15 is 0 Å². The number of rotatable bonds is 10. The zero-order chi connectivity index (χ0) is 30.0. The number of H-pyrrole nitrogens is 1. The molecule has 0 bridgehead atoms. The molecule has 0 radical (unpaired) electrons. The topological polar surface area (TPSA) is 151 Å². The quantitative estimate of drug-likeness (QED) is 0.136. The summed E-state index contributed by atoms with van der Waals surface area (Å²) in [5.41, 5.74) is 4.48. The van der Waals surface area contributed by atoms with E-state index in [0.717, 1.165) is 84.6 Å². The third-order valence-electron chi connectivity index (χ3n) is 8.23. The number of carbonyl (C=O) groups is 1. The van der Waals surface area contributed by atoms with Crippen molar-refractivity contribution in [3.63, 3.8) is 0 Å². The Bertz CT molecular complexity index is 1690. The summed E-state index contributed by atoms with van der Waals surface area (Å²) in [6.07, 6.45) is 5.06. The van der Waals surface area contributed by atoms with Crippen molar-refractivity contribution < 1.29 is 18.4 Å². The molecule has 2 aliphatic rings. The number of anilines is 1. The van der Waals surface area contributed by atoms with Gasteiger partial charge in [0.05, 0.1) is 28.2 Å². The molecular formula is C28H37N9O4S2. The van der Waals surface area contributed by atoms with Gasteiger partial charge in [0.15, 0.2) is 11.6 Å². The van der Waals surface area contributed by atoms with Crippen LogP contribution in [-0.2, 0) is 21.4 Å². The summed E-state index contributed by atoms with van der Waals surface area (Å²) in [4.78, 5) is 29.7. The number of hydrogen-bond donors (Lipinski definition) is 3. The molecule has 0 saturated carbocycles. The van der Waals surface area contributed by atoms with Crippen molar-refractivity contribution in [1.82, 2.24) is 39.8 Å². The maximum atomic E-state index is 11.9. The van der Waals surface area contributed by atoms with Crippen LogP contribution in [0.4, 0.5) is 5.82 Å². The molecule has 2 saturated heterocycles. The van der Waals surface area contributed by atoms with Crippen LogP contribution >= 0.6 is 11.3 Å². The second kappa shape index (κ2) is 12.8. The van der Waals surface area contributed by atoms with Crippen LogP contribution in [0.1, 0.15) is 24.1 Å². The normalized spacial score (nSPS) is 17.7. The lowest BCUT2D eigenvalue weighted by Crippen LogP contribution is -2.47. The van der Waals surface area contributed by atoms with E-state index in [1.165, 1.54) is 11.1 Å². The number of sulfonamides is 1. The first-order valence-corrected chi connectivity index (χ1v) is 17.3. The lowest BCUT2D eigenvalue weighted by Gasteiger charge is -2.35. The van der Waals surface area contributed by atoms with Gasteiger partial charge in [0, 0.05) is 81.2 Å². The van der Waals surface area contributed by atoms with E-state index in [0.29, 0.717) is 38.4 Å². The number of piperazine rings is 2. The van der Waals surface area contributed by atoms with Crippen LogP contribution < -0.4 is 10.4 Å². The molecule has 2 aliphatic heterocycles. The molecule has 0 unspecified atom stereocenters. The number of nitrogens with zero attached hydrogens (tertiary/aromatic N) is 7. The Balaban J connectivity index is 1.23. The summed E-state index contributed by atoms with van der Waals surface area (Å²) >= 11 is 1.72. The molecule has 15 heteroatoms. The number of benzene rings is 1. The maximum absolute atomic E-state index is 11.9. The van der Waals surface area contributed by atoms with Crippen LogP contribution in [0.25, 0.3) is 32.5 Å². The summed E-state index contributed by atoms with van der Waals surface area (Å²) in [5.74, 6) is 1.27. The van der Waals surface area contributed by atoms with Gasteiger partial charge >= 0.3 is 0 Å². The Morgan fingerprint density at radius 3 is 2.56 bits per heavy atom. The Morgan fingerprint density at radius 2 is 1.81 bits per heavy atom. The second-order valence-corrected chi connectivity index (χ2v) is 14.3. The lowest BCUT2D eigenvalue weighted by atomic mass is 10.1. The van der Waals surface area contributed by atoms with Crippen molar-refractivity contribution in [2.24, 2.45) is 0 Å². The highest BCUT2D eigenvalue weighted by Gasteiger charge is 2.26. The first-order chi connectivity index (χ1) is 20.8. The summed E-state index contributed by atoms with van der Waals surface area (Å²) in [6.45, 7) is 7.51. The van der Waals surface area contributed by atoms with E-state index in [1.54, 1.807) is 21.1 Å². The average molecular weight is 628 g/mol. The number of aromatic amines is 1. The number of unbranched alkanes of at least 4 members (excludes halogenated alkanes) is 1. The molecule has 3 N–H and O–H groups in total. The van der Waals surface area contributed by atoms with Crippen LogP contribution in [0.5, 0.6) is 0 Å². The number of hydrogen-bond acceptors (Lipinski definition) is 11. The maximum Gasteiger partial charge on any atom is 0.243 e. The second-order valence-electron chi connectivity index (χ2n) is 11.2. The van der Waals surface area contributed by atoms with Gasteiger partial charge in [0.25, 0.3) is 0 Å². The number of thiophene rings is 1. The molecule has 3 aromatic heterocycles. The Labute approximate surface area is 254 Å². The SMILES string of the molecule is CS(=O)(=O)N1CCN(Cc2cc3nc(-c4cccc5[nH]ncc45)nc(N4CCN(CCCCC(=O)NO)CC4)c3s2)CC1. The van der Waals surface area contributed by atoms with Gasteiger partial charge in [-0.25, -0.2) is 23.9 Å². The van der Waals surface area contributed by atoms with Gasteiger partial charge in [0.1, 0.15) is 0 Å². The molecular weight excluding hydrogens is 591 g/mol. The Hall–Kier alpha value is -3.21. The van der Waals surface area contributed by atoms with Crippen molar-refractivity contribution in [3.8, 4) is 11.4 Å². The Morgan fingerprint density at radius 1 is 1.05 bits per heavy atom. The van der Waals surface area contributed by atoms with E-state index in [4.69, 9.17) is 15.2 Å². The van der Waals surface area contributed by atoms with Crippen molar-refractivity contribution in [2.75, 3.05) is 70.1 Å². The molecule has 13 nitrogen and oxygen atoms in total. The van der Waals surface area contributed by atoms with Gasteiger partial charge in [-0.3, -0.25) is 24.9 Å². The Kier molecular flexibility index (Phi) is 8.88. The first-order valence-electron chi connectivity index (χ1n) is 14.6. The van der Waals surface area contributed by atoms with Gasteiger partial charge in [-0.2, -0.15) is 9.40 Å². The zero-order valence-electron chi connectivity index (χ0n) is 24.2. The third-order valence-corrected chi connectivity index (χ3v) is 10.6. The van der Waals surface area contributed by atoms with Gasteiger partial charge in [-0.05, 0) is 31.5 Å². The number of fused-ring (bicyclic) bond motifs is 2. The fourth-order valence-electron chi connectivity index (χ4n) is 5.84. The number of carbonyl (C=O) groups excluding carboxylic acids is 1. The summed E-state index contributed by atoms with van der Waals surface area (Å²) in [7, 11) is -3.17. The molecule has 0 atom stereocenters. The van der Waals surface area contributed by atoms with E-state index in [9.17, 15) is 13.2 Å². The highest BCUT2D eigenvalue weighted by Crippen LogP contribution is 2.36. The minimum atomic E-state index is -3.17. The minimum absolute atomic E-state index is 0.329. The van der Waals surface area contributed by atoms with E-state index in [1.807, 2.05) is 24.4 Å². The monoisotopic (exact) mass is 627 g/mol. The molecule has 230 valence electrons. The fraction of sp³-hybridized carbons (Fsp3) is 0.500. The highest BCUT2D eigenvalue weighted by atomic mass is 32.2. The van der Waals surface area contributed by atoms with Crippen LogP contribution in [0.15, 0.2) is 30.5 Å². The molecule has 43 heavy (non-hydrogen) atoms. The number of amides is 1. The van der Waals surface area contributed by atoms with Gasteiger partial charge in [0.2, 0.25) is 15.9 Å². The number of hydroxylamine groups is 1. The van der Waals surface area contributed by atoms with Crippen molar-refractivity contribution in [3.05, 3.63) is 35.3 Å². The largest absolute Gasteiger partial charge is 0.353 e. The molecule has 2 fully saturated rings. The van der Waals surface area contributed by atoms with Crippen molar-refractivity contribution in [1.29, 1.82) is 0 Å². The minimum Gasteiger partial charge on any atom is -0.353 e. The fourth-order valence-corrected chi connectivity index (χ4v) is 7.82. The third kappa shape index (κ3) is 6.81. The summed E-state index contributed by atoms with van der Waals surface area (Å²) in [6, 6.07) is 8.17. The molecule has 6 rings (SSSR count). The molecule has 1 amide bonds. The van der Waals surface area contributed by atoms with Crippen LogP contribution in [0.2, 0.25) is 0 Å². The zero-order valence-corrected chi connectivity index (χ0v) is 25.8. The van der Waals surface area contributed by atoms with Crippen LogP contribution in [0, 0.1) is 0 Å². The number of nitrogens with one attached hydrogen (secondary N) is 2. The van der Waals surface area contributed by atoms with Gasteiger partial charge < -0.3 is 4.90 Å². The smallest absolute Gasteiger partial charge is 0.243 e. The predicted octanol–water partition coefficient (Wildman–Crippen LogP) is 2.11.